The van der Waals surface area contributed by atoms with Crippen molar-refractivity contribution in [3.05, 3.63) is 52.4 Å². The van der Waals surface area contributed by atoms with E-state index in [9.17, 15) is 14.4 Å². The van der Waals surface area contributed by atoms with Gasteiger partial charge in [0.1, 0.15) is 27.9 Å². The van der Waals surface area contributed by atoms with E-state index in [0.717, 1.165) is 6.42 Å². The van der Waals surface area contributed by atoms with E-state index in [2.05, 4.69) is 9.69 Å². The number of carbonyl (C=O) groups is 3. The molecule has 0 saturated heterocycles. The maximum Gasteiger partial charge on any atom is 0.273 e. The number of anilines is 2. The summed E-state index contributed by atoms with van der Waals surface area (Å²) in [5, 5.41) is 2.90. The summed E-state index contributed by atoms with van der Waals surface area (Å²) in [6, 6.07) is 6.90. The molecule has 0 saturated carbocycles. The molecule has 0 aliphatic carbocycles. The van der Waals surface area contributed by atoms with Gasteiger partial charge in [-0.1, -0.05) is 13.8 Å². The van der Waals surface area contributed by atoms with Crippen LogP contribution in [0.15, 0.2) is 34.7 Å². The smallest absolute Gasteiger partial charge is 0.273 e. The van der Waals surface area contributed by atoms with E-state index >= 15 is 0 Å². The molecule has 0 fully saturated rings. The van der Waals surface area contributed by atoms with E-state index in [1.54, 1.807) is 37.3 Å². The largest absolute Gasteiger partial charge is 0.497 e. The summed E-state index contributed by atoms with van der Waals surface area (Å²) < 4.78 is 20.7. The number of methoxy groups -OCH3 is 2. The monoisotopic (exact) mass is 529 g/mol. The van der Waals surface area contributed by atoms with Crippen molar-refractivity contribution in [1.82, 2.24) is 9.69 Å². The summed E-state index contributed by atoms with van der Waals surface area (Å²) >= 11 is 0.709. The summed E-state index contributed by atoms with van der Waals surface area (Å²) in [7, 11) is 2.92. The number of aryl methyl sites for hydroxylation is 1. The number of primary amides is 1. The first kappa shape index (κ1) is 27.5. The number of aromatic nitrogens is 1. The van der Waals surface area contributed by atoms with Gasteiger partial charge in [0.2, 0.25) is 0 Å². The fourth-order valence-electron chi connectivity index (χ4n) is 3.64. The third-order valence-electron chi connectivity index (χ3n) is 5.58. The van der Waals surface area contributed by atoms with E-state index in [1.807, 2.05) is 13.8 Å². The highest BCUT2D eigenvalue weighted by Gasteiger charge is 2.39. The van der Waals surface area contributed by atoms with Crippen LogP contribution in [0, 0.1) is 12.8 Å². The number of furan rings is 1. The molecule has 3 aromatic rings. The van der Waals surface area contributed by atoms with Gasteiger partial charge in [-0.15, -0.1) is 0 Å². The minimum absolute atomic E-state index is 0.0677. The maximum absolute atomic E-state index is 14.1. The van der Waals surface area contributed by atoms with Crippen LogP contribution in [0.25, 0.3) is 0 Å². The molecule has 3 amide bonds. The third-order valence-corrected chi connectivity index (χ3v) is 6.43. The van der Waals surface area contributed by atoms with Crippen LogP contribution in [0.5, 0.6) is 11.5 Å². The van der Waals surface area contributed by atoms with Crippen molar-refractivity contribution in [1.29, 1.82) is 0 Å². The van der Waals surface area contributed by atoms with Gasteiger partial charge in [0, 0.05) is 12.6 Å². The Hall–Kier alpha value is -4.06. The summed E-state index contributed by atoms with van der Waals surface area (Å²) in [5.41, 5.74) is 11.3. The van der Waals surface area contributed by atoms with Crippen LogP contribution in [-0.4, -0.2) is 42.9 Å². The van der Waals surface area contributed by atoms with Gasteiger partial charge in [0.05, 0.1) is 25.6 Å². The molecule has 0 aliphatic heterocycles. The lowest BCUT2D eigenvalue weighted by Crippen LogP contribution is -2.44. The topological polar surface area (TPSA) is 163 Å². The second-order valence-corrected chi connectivity index (χ2v) is 9.45. The maximum atomic E-state index is 14.1. The highest BCUT2D eigenvalue weighted by Crippen LogP contribution is 2.40. The minimum Gasteiger partial charge on any atom is -0.497 e. The van der Waals surface area contributed by atoms with Gasteiger partial charge >= 0.3 is 0 Å². The number of hydrogen-bond donors (Lipinski definition) is 3. The van der Waals surface area contributed by atoms with Crippen LogP contribution >= 0.6 is 11.5 Å². The Bertz CT molecular complexity index is 1280. The standard InChI is InChI=1S/C25H31N5O6S/c1-13(2)10-11-28-24(32)21(18-8-6-14(3)36-18)30(16-12-15(34-4)7-9-17(16)35-5)25(33)22-19(26)20(23(27)31)29-37-22/h6-9,12-13,21H,10-11,26H2,1-5H3,(H2,27,31)(H,28,32)/t21-/m1/s1. The average Bonchev–Trinajstić information content (AvgIpc) is 3.46. The molecule has 0 bridgehead atoms. The molecule has 3 rings (SSSR count). The van der Waals surface area contributed by atoms with Crippen molar-refractivity contribution < 1.29 is 28.3 Å². The van der Waals surface area contributed by atoms with Crippen molar-refractivity contribution >= 4 is 40.6 Å². The number of nitrogen functional groups attached to an aromatic ring is 1. The van der Waals surface area contributed by atoms with Crippen LogP contribution < -0.4 is 31.2 Å². The summed E-state index contributed by atoms with van der Waals surface area (Å²) in [4.78, 5) is 40.7. The normalized spacial score (nSPS) is 11.7. The molecule has 5 N–H and O–H groups in total. The van der Waals surface area contributed by atoms with E-state index in [0.29, 0.717) is 35.5 Å². The number of carbonyl (C=O) groups excluding carboxylic acids is 3. The quantitative estimate of drug-likeness (QED) is 0.341. The predicted octanol–water partition coefficient (Wildman–Crippen LogP) is 3.29. The Kier molecular flexibility index (Phi) is 8.77. The lowest BCUT2D eigenvalue weighted by molar-refractivity contribution is -0.122. The minimum atomic E-state index is -1.26. The number of rotatable bonds is 11. The Labute approximate surface area is 218 Å². The molecule has 11 nitrogen and oxygen atoms in total. The number of amides is 3. The Morgan fingerprint density at radius 3 is 2.43 bits per heavy atom. The van der Waals surface area contributed by atoms with Gasteiger partial charge in [-0.3, -0.25) is 19.3 Å². The van der Waals surface area contributed by atoms with E-state index in [1.165, 1.54) is 19.1 Å². The second-order valence-electron chi connectivity index (χ2n) is 8.68. The van der Waals surface area contributed by atoms with Gasteiger partial charge < -0.3 is 30.7 Å². The van der Waals surface area contributed by atoms with Crippen molar-refractivity contribution in [2.24, 2.45) is 11.7 Å². The zero-order valence-corrected chi connectivity index (χ0v) is 22.2. The number of nitrogens with two attached hydrogens (primary N) is 2. The zero-order chi connectivity index (χ0) is 27.3. The molecule has 2 heterocycles. The van der Waals surface area contributed by atoms with Gasteiger partial charge in [-0.2, -0.15) is 4.37 Å². The van der Waals surface area contributed by atoms with Gasteiger partial charge in [0.25, 0.3) is 17.7 Å². The SMILES string of the molecule is COc1ccc(OC)c(N(C(=O)c2snc(C(N)=O)c2N)[C@@H](C(=O)NCCC(C)C)c2ccc(C)o2)c1. The number of hydrogen-bond acceptors (Lipinski definition) is 9. The van der Waals surface area contributed by atoms with E-state index in [4.69, 9.17) is 25.4 Å². The number of nitrogens with zero attached hydrogens (tertiary/aromatic N) is 2. The molecule has 1 aromatic carbocycles. The Balaban J connectivity index is 2.24. The van der Waals surface area contributed by atoms with Crippen molar-refractivity contribution in [2.75, 3.05) is 31.4 Å². The molecule has 0 aliphatic rings. The van der Waals surface area contributed by atoms with Crippen molar-refractivity contribution in [3.8, 4) is 11.5 Å². The second kappa shape index (κ2) is 11.8. The molecule has 2 aromatic heterocycles. The lowest BCUT2D eigenvalue weighted by atomic mass is 10.1. The number of ether oxygens (including phenoxy) is 2. The molecule has 1 atom stereocenters. The number of benzene rings is 1. The van der Waals surface area contributed by atoms with Crippen LogP contribution in [0.2, 0.25) is 0 Å². The third kappa shape index (κ3) is 6.02. The van der Waals surface area contributed by atoms with Crippen LogP contribution in [0.3, 0.4) is 0 Å². The molecule has 0 spiro atoms. The van der Waals surface area contributed by atoms with Crippen molar-refractivity contribution in [3.63, 3.8) is 0 Å². The van der Waals surface area contributed by atoms with Crippen LogP contribution in [-0.2, 0) is 4.79 Å². The molecular weight excluding hydrogens is 498 g/mol. The summed E-state index contributed by atoms with van der Waals surface area (Å²) in [5.74, 6) is -0.232. The first-order valence-electron chi connectivity index (χ1n) is 11.5. The number of nitrogens with one attached hydrogen (secondary N) is 1. The Morgan fingerprint density at radius 2 is 1.89 bits per heavy atom. The summed E-state index contributed by atoms with van der Waals surface area (Å²) in [6.45, 7) is 6.20. The highest BCUT2D eigenvalue weighted by molar-refractivity contribution is 7.09. The van der Waals surface area contributed by atoms with Gasteiger partial charge in [-0.25, -0.2) is 0 Å². The van der Waals surface area contributed by atoms with Crippen LogP contribution in [0.1, 0.15) is 58.0 Å². The van der Waals surface area contributed by atoms with Gasteiger partial charge in [0.15, 0.2) is 11.7 Å². The van der Waals surface area contributed by atoms with Crippen molar-refractivity contribution in [2.45, 2.75) is 33.2 Å². The zero-order valence-electron chi connectivity index (χ0n) is 21.4. The first-order valence-corrected chi connectivity index (χ1v) is 12.3. The molecule has 12 heteroatoms. The Morgan fingerprint density at radius 1 is 1.16 bits per heavy atom. The average molecular weight is 530 g/mol. The van der Waals surface area contributed by atoms with E-state index < -0.39 is 23.8 Å². The molecular formula is C25H31N5O6S. The summed E-state index contributed by atoms with van der Waals surface area (Å²) in [6.07, 6.45) is 0.732. The van der Waals surface area contributed by atoms with Crippen LogP contribution in [0.4, 0.5) is 11.4 Å². The fourth-order valence-corrected chi connectivity index (χ4v) is 4.39. The molecule has 198 valence electrons. The molecule has 37 heavy (non-hydrogen) atoms. The first-order chi connectivity index (χ1) is 17.6. The fraction of sp³-hybridized carbons (Fsp3) is 0.360. The van der Waals surface area contributed by atoms with Gasteiger partial charge in [-0.05, 0) is 55.1 Å². The highest BCUT2D eigenvalue weighted by atomic mass is 32.1. The molecule has 0 unspecified atom stereocenters. The predicted molar refractivity (Wildman–Crippen MR) is 140 cm³/mol. The van der Waals surface area contributed by atoms with E-state index in [-0.39, 0.29) is 33.5 Å². The molecule has 0 radical (unpaired) electrons. The lowest BCUT2D eigenvalue weighted by Gasteiger charge is -2.31.